The molecular formula is C22H19FN4O5. The Balaban J connectivity index is 1.47. The number of hydrogen-bond donors (Lipinski definition) is 3. The van der Waals surface area contributed by atoms with Crippen molar-refractivity contribution in [1.82, 2.24) is 16.3 Å². The molecule has 0 saturated heterocycles. The lowest BCUT2D eigenvalue weighted by molar-refractivity contribution is 0.0829. The van der Waals surface area contributed by atoms with Gasteiger partial charge in [0.15, 0.2) is 11.5 Å². The minimum Gasteiger partial charge on any atom is -0.459 e. The molecular weight excluding hydrogens is 419 g/mol. The Morgan fingerprint density at radius 1 is 1.00 bits per heavy atom. The van der Waals surface area contributed by atoms with Gasteiger partial charge in [-0.25, -0.2) is 9.82 Å². The topological polar surface area (TPSA) is 126 Å². The van der Waals surface area contributed by atoms with Gasteiger partial charge in [0.2, 0.25) is 0 Å². The van der Waals surface area contributed by atoms with Crippen LogP contribution in [0.5, 0.6) is 0 Å². The quantitative estimate of drug-likeness (QED) is 0.540. The first-order chi connectivity index (χ1) is 15.4. The van der Waals surface area contributed by atoms with E-state index in [2.05, 4.69) is 21.4 Å². The van der Waals surface area contributed by atoms with E-state index < -0.39 is 23.5 Å². The molecule has 3 amide bonds. The molecule has 0 fully saturated rings. The van der Waals surface area contributed by atoms with Crippen molar-refractivity contribution in [3.63, 3.8) is 0 Å². The van der Waals surface area contributed by atoms with E-state index in [-0.39, 0.29) is 17.1 Å². The van der Waals surface area contributed by atoms with Gasteiger partial charge in [-0.15, -0.1) is 0 Å². The molecule has 164 valence electrons. The van der Waals surface area contributed by atoms with E-state index in [1.807, 2.05) is 0 Å². The van der Waals surface area contributed by atoms with E-state index >= 15 is 0 Å². The van der Waals surface area contributed by atoms with Crippen LogP contribution in [0.3, 0.4) is 0 Å². The highest BCUT2D eigenvalue weighted by Crippen LogP contribution is 2.29. The van der Waals surface area contributed by atoms with E-state index in [4.69, 9.17) is 8.83 Å². The molecule has 1 aliphatic carbocycles. The number of halogens is 1. The number of furan rings is 2. The third-order valence-electron chi connectivity index (χ3n) is 4.97. The van der Waals surface area contributed by atoms with E-state index in [9.17, 15) is 18.8 Å². The number of amides is 3. The molecule has 1 aromatic carbocycles. The Kier molecular flexibility index (Phi) is 5.84. The van der Waals surface area contributed by atoms with E-state index in [1.165, 1.54) is 24.5 Å². The maximum absolute atomic E-state index is 13.0. The molecule has 3 aromatic rings. The Hall–Kier alpha value is -4.21. The summed E-state index contributed by atoms with van der Waals surface area (Å²) in [4.78, 5) is 36.8. The van der Waals surface area contributed by atoms with Gasteiger partial charge in [0.1, 0.15) is 11.6 Å². The molecule has 32 heavy (non-hydrogen) atoms. The summed E-state index contributed by atoms with van der Waals surface area (Å²) in [7, 11) is 0. The van der Waals surface area contributed by atoms with Crippen molar-refractivity contribution in [2.75, 3.05) is 0 Å². The van der Waals surface area contributed by atoms with Crippen molar-refractivity contribution in [2.24, 2.45) is 5.10 Å². The lowest BCUT2D eigenvalue weighted by Crippen LogP contribution is -2.41. The molecule has 10 heteroatoms. The third-order valence-corrected chi connectivity index (χ3v) is 4.97. The number of carbonyl (C=O) groups is 3. The van der Waals surface area contributed by atoms with Gasteiger partial charge in [-0.05, 0) is 56.2 Å². The molecule has 2 aromatic heterocycles. The summed E-state index contributed by atoms with van der Waals surface area (Å²) in [6, 6.07) is 8.01. The van der Waals surface area contributed by atoms with Crippen LogP contribution < -0.4 is 16.3 Å². The minimum absolute atomic E-state index is 0.0290. The predicted octanol–water partition coefficient (Wildman–Crippen LogP) is 2.87. The van der Waals surface area contributed by atoms with Crippen LogP contribution in [-0.4, -0.2) is 23.4 Å². The number of rotatable bonds is 4. The molecule has 0 radical (unpaired) electrons. The summed E-state index contributed by atoms with van der Waals surface area (Å²) in [6.45, 7) is 1.70. The Labute approximate surface area is 181 Å². The predicted molar refractivity (Wildman–Crippen MR) is 110 cm³/mol. The number of hydrazine groups is 1. The molecule has 0 atom stereocenters. The number of nitrogens with one attached hydrogen (secondary N) is 3. The zero-order valence-corrected chi connectivity index (χ0v) is 17.0. The largest absolute Gasteiger partial charge is 0.459 e. The second-order valence-corrected chi connectivity index (χ2v) is 7.10. The lowest BCUT2D eigenvalue weighted by Gasteiger charge is -2.13. The second kappa shape index (κ2) is 8.88. The highest BCUT2D eigenvalue weighted by molar-refractivity contribution is 6.07. The van der Waals surface area contributed by atoms with Gasteiger partial charge in [-0.2, -0.15) is 5.10 Å². The van der Waals surface area contributed by atoms with Crippen LogP contribution in [0.2, 0.25) is 0 Å². The molecule has 9 nitrogen and oxygen atoms in total. The van der Waals surface area contributed by atoms with Crippen molar-refractivity contribution < 1.29 is 27.6 Å². The van der Waals surface area contributed by atoms with Crippen molar-refractivity contribution in [1.29, 1.82) is 0 Å². The summed E-state index contributed by atoms with van der Waals surface area (Å²) in [5.74, 6) is -1.47. The summed E-state index contributed by atoms with van der Waals surface area (Å²) in [5.41, 5.74) is 8.99. The Morgan fingerprint density at radius 3 is 2.47 bits per heavy atom. The maximum Gasteiger partial charge on any atom is 0.307 e. The van der Waals surface area contributed by atoms with Gasteiger partial charge in [-0.3, -0.25) is 25.2 Å². The van der Waals surface area contributed by atoms with Crippen molar-refractivity contribution in [3.05, 3.63) is 82.4 Å². The number of fused-ring (bicyclic) bond motifs is 1. The summed E-state index contributed by atoms with van der Waals surface area (Å²) in [6.07, 6.45) is 3.32. The first-order valence-electron chi connectivity index (χ1n) is 9.83. The molecule has 0 bridgehead atoms. The first-order valence-corrected chi connectivity index (χ1v) is 9.83. The minimum atomic E-state index is -0.647. The van der Waals surface area contributed by atoms with E-state index in [0.717, 1.165) is 18.6 Å². The zero-order valence-electron chi connectivity index (χ0n) is 17.0. The Morgan fingerprint density at radius 2 is 1.75 bits per heavy atom. The van der Waals surface area contributed by atoms with Crippen LogP contribution in [0.1, 0.15) is 61.2 Å². The highest BCUT2D eigenvalue weighted by Gasteiger charge is 2.28. The highest BCUT2D eigenvalue weighted by atomic mass is 19.1. The molecule has 0 unspecified atom stereocenters. The number of aryl methyl sites for hydroxylation is 1. The lowest BCUT2D eigenvalue weighted by atomic mass is 9.93. The van der Waals surface area contributed by atoms with Gasteiger partial charge in [0.05, 0.1) is 12.0 Å². The molecule has 0 aliphatic heterocycles. The molecule has 0 saturated carbocycles. The third kappa shape index (κ3) is 4.29. The van der Waals surface area contributed by atoms with Gasteiger partial charge < -0.3 is 8.83 Å². The average molecular weight is 438 g/mol. The van der Waals surface area contributed by atoms with Gasteiger partial charge in [-0.1, -0.05) is 0 Å². The van der Waals surface area contributed by atoms with Crippen LogP contribution >= 0.6 is 0 Å². The van der Waals surface area contributed by atoms with Crippen LogP contribution in [0, 0.1) is 12.7 Å². The number of hydrazone groups is 1. The van der Waals surface area contributed by atoms with Crippen LogP contribution in [-0.2, 0) is 6.42 Å². The smallest absolute Gasteiger partial charge is 0.307 e. The van der Waals surface area contributed by atoms with E-state index in [0.29, 0.717) is 35.4 Å². The molecule has 2 heterocycles. The van der Waals surface area contributed by atoms with Crippen LogP contribution in [0.25, 0.3) is 0 Å². The zero-order chi connectivity index (χ0) is 22.7. The molecule has 3 N–H and O–H groups in total. The maximum atomic E-state index is 13.0. The normalized spacial score (nSPS) is 14.0. The molecule has 1 aliphatic rings. The van der Waals surface area contributed by atoms with Crippen LogP contribution in [0.15, 0.2) is 56.6 Å². The second-order valence-electron chi connectivity index (χ2n) is 7.10. The summed E-state index contributed by atoms with van der Waals surface area (Å²) >= 11 is 0. The monoisotopic (exact) mass is 438 g/mol. The molecule has 0 spiro atoms. The fraction of sp³-hybridized carbons (Fsp3) is 0.182. The molecule has 4 rings (SSSR count). The Bertz CT molecular complexity index is 1200. The van der Waals surface area contributed by atoms with Crippen molar-refractivity contribution in [2.45, 2.75) is 26.2 Å². The number of nitrogens with zero attached hydrogens (tertiary/aromatic N) is 1. The number of benzene rings is 1. The van der Waals surface area contributed by atoms with Gasteiger partial charge in [0, 0.05) is 23.1 Å². The average Bonchev–Trinajstić information content (AvgIpc) is 3.45. The van der Waals surface area contributed by atoms with Gasteiger partial charge >= 0.3 is 11.8 Å². The summed E-state index contributed by atoms with van der Waals surface area (Å²) < 4.78 is 23.8. The van der Waals surface area contributed by atoms with Crippen LogP contribution in [0.4, 0.5) is 4.39 Å². The standard InChI is InChI=1S/C22H19FN4O5/c1-12-18-15(24-26-21(29)17-6-3-11-31-17)4-2-5-16(18)32-19(12)22(30)27-25-20(28)13-7-9-14(23)10-8-13/h3,6-11H,2,4-5H2,1H3,(H,25,28)(H,26,29)(H,27,30)/b24-15+. The van der Waals surface area contributed by atoms with Gasteiger partial charge in [0.25, 0.3) is 5.91 Å². The van der Waals surface area contributed by atoms with E-state index in [1.54, 1.807) is 13.0 Å². The number of carbonyl (C=O) groups excluding carboxylic acids is 3. The van der Waals surface area contributed by atoms with Crippen molar-refractivity contribution in [3.8, 4) is 0 Å². The van der Waals surface area contributed by atoms with Crippen molar-refractivity contribution >= 4 is 23.4 Å². The number of hydrogen-bond acceptors (Lipinski definition) is 6. The SMILES string of the molecule is Cc1c(C(=O)NNC(=O)c2ccc(F)cc2)oc2c1/C(=N/NC(=O)c1ccco1)CCC2. The fourth-order valence-corrected chi connectivity index (χ4v) is 3.42. The first kappa shape index (κ1) is 21.0. The summed E-state index contributed by atoms with van der Waals surface area (Å²) in [5, 5.41) is 4.20. The fourth-order valence-electron chi connectivity index (χ4n) is 3.42.